The van der Waals surface area contributed by atoms with E-state index in [2.05, 4.69) is 5.32 Å². The minimum absolute atomic E-state index is 0.0323. The van der Waals surface area contributed by atoms with E-state index in [0.717, 1.165) is 15.5 Å². The highest BCUT2D eigenvalue weighted by Gasteiger charge is 2.24. The van der Waals surface area contributed by atoms with Gasteiger partial charge in [0.15, 0.2) is 6.54 Å². The van der Waals surface area contributed by atoms with Crippen LogP contribution in [0.1, 0.15) is 12.8 Å². The zero-order valence-corrected chi connectivity index (χ0v) is 12.9. The number of anilines is 1. The van der Waals surface area contributed by atoms with Crippen LogP contribution >= 0.6 is 11.8 Å². The Hall–Kier alpha value is -1.53. The fourth-order valence-electron chi connectivity index (χ4n) is 2.57. The maximum Gasteiger partial charge on any atom is 0.279 e. The lowest BCUT2D eigenvalue weighted by Crippen LogP contribution is -3.14. The molecule has 1 aromatic carbocycles. The SMILES string of the molecule is CSc1cccc(NC(=O)C[NH+]2CCC(C(=O)[O-])CC2)c1. The molecule has 1 heterocycles. The zero-order chi connectivity index (χ0) is 15.2. The van der Waals surface area contributed by atoms with Gasteiger partial charge in [-0.25, -0.2) is 0 Å². The van der Waals surface area contributed by atoms with E-state index in [1.807, 2.05) is 30.5 Å². The molecule has 0 radical (unpaired) electrons. The second kappa shape index (κ2) is 7.47. The smallest absolute Gasteiger partial charge is 0.279 e. The summed E-state index contributed by atoms with van der Waals surface area (Å²) in [4.78, 5) is 25.0. The number of thioether (sulfide) groups is 1. The average molecular weight is 308 g/mol. The van der Waals surface area contributed by atoms with Crippen LogP contribution < -0.4 is 15.3 Å². The lowest BCUT2D eigenvalue weighted by molar-refractivity contribution is -0.897. The summed E-state index contributed by atoms with van der Waals surface area (Å²) in [5, 5.41) is 13.7. The minimum atomic E-state index is -0.965. The first-order valence-corrected chi connectivity index (χ1v) is 8.29. The first-order chi connectivity index (χ1) is 10.1. The Balaban J connectivity index is 1.81. The molecular formula is C15H20N2O3S. The molecule has 6 heteroatoms. The molecular weight excluding hydrogens is 288 g/mol. The van der Waals surface area contributed by atoms with Crippen molar-refractivity contribution in [3.8, 4) is 0 Å². The summed E-state index contributed by atoms with van der Waals surface area (Å²) in [5.41, 5.74) is 0.802. The number of carboxylic acid groups (broad SMARTS) is 1. The number of amides is 1. The van der Waals surface area contributed by atoms with Crippen LogP contribution in [0.3, 0.4) is 0 Å². The molecule has 0 saturated carbocycles. The first-order valence-electron chi connectivity index (χ1n) is 7.07. The van der Waals surface area contributed by atoms with E-state index in [0.29, 0.717) is 32.5 Å². The van der Waals surface area contributed by atoms with Crippen LogP contribution in [0, 0.1) is 5.92 Å². The Morgan fingerprint density at radius 1 is 1.38 bits per heavy atom. The molecule has 0 atom stereocenters. The number of carbonyl (C=O) groups excluding carboxylic acids is 2. The normalized spacial score (nSPS) is 21.8. The topological polar surface area (TPSA) is 73.7 Å². The van der Waals surface area contributed by atoms with Crippen molar-refractivity contribution in [2.75, 3.05) is 31.2 Å². The van der Waals surface area contributed by atoms with E-state index in [1.54, 1.807) is 11.8 Å². The number of carbonyl (C=O) groups is 2. The summed E-state index contributed by atoms with van der Waals surface area (Å²) in [6, 6.07) is 7.73. The average Bonchev–Trinajstić information content (AvgIpc) is 2.47. The zero-order valence-electron chi connectivity index (χ0n) is 12.1. The molecule has 1 saturated heterocycles. The predicted molar refractivity (Wildman–Crippen MR) is 80.1 cm³/mol. The molecule has 1 fully saturated rings. The van der Waals surface area contributed by atoms with Crippen molar-refractivity contribution in [3.63, 3.8) is 0 Å². The van der Waals surface area contributed by atoms with Crippen molar-refractivity contribution >= 4 is 29.3 Å². The van der Waals surface area contributed by atoms with Crippen molar-refractivity contribution in [2.45, 2.75) is 17.7 Å². The van der Waals surface area contributed by atoms with Crippen LogP contribution in [-0.4, -0.2) is 37.8 Å². The summed E-state index contributed by atoms with van der Waals surface area (Å²) >= 11 is 1.63. The summed E-state index contributed by atoms with van der Waals surface area (Å²) in [6.45, 7) is 1.79. The molecule has 5 nitrogen and oxygen atoms in total. The Morgan fingerprint density at radius 3 is 2.71 bits per heavy atom. The number of rotatable bonds is 5. The third-order valence-electron chi connectivity index (χ3n) is 3.79. The van der Waals surface area contributed by atoms with Gasteiger partial charge in [0.2, 0.25) is 0 Å². The molecule has 0 unspecified atom stereocenters. The van der Waals surface area contributed by atoms with Gasteiger partial charge >= 0.3 is 0 Å². The second-order valence-corrected chi connectivity index (χ2v) is 6.18. The lowest BCUT2D eigenvalue weighted by atomic mass is 9.97. The molecule has 1 amide bonds. The Kier molecular flexibility index (Phi) is 5.64. The van der Waals surface area contributed by atoms with Gasteiger partial charge in [0.25, 0.3) is 5.91 Å². The molecule has 0 spiro atoms. The highest BCUT2D eigenvalue weighted by Crippen LogP contribution is 2.18. The van der Waals surface area contributed by atoms with Crippen molar-refractivity contribution in [2.24, 2.45) is 5.92 Å². The van der Waals surface area contributed by atoms with Gasteiger partial charge in [-0.15, -0.1) is 11.8 Å². The summed E-state index contributed by atoms with van der Waals surface area (Å²) in [7, 11) is 0. The van der Waals surface area contributed by atoms with Crippen LogP contribution in [0.4, 0.5) is 5.69 Å². The molecule has 2 rings (SSSR count). The van der Waals surface area contributed by atoms with Gasteiger partial charge in [-0.2, -0.15) is 0 Å². The number of benzene rings is 1. The summed E-state index contributed by atoms with van der Waals surface area (Å²) in [5.74, 6) is -1.35. The van der Waals surface area contributed by atoms with Crippen molar-refractivity contribution in [1.29, 1.82) is 0 Å². The largest absolute Gasteiger partial charge is 0.550 e. The van der Waals surface area contributed by atoms with Gasteiger partial charge in [-0.05, 0) is 24.5 Å². The predicted octanol–water partition coefficient (Wildman–Crippen LogP) is -0.608. The second-order valence-electron chi connectivity index (χ2n) is 5.30. The fourth-order valence-corrected chi connectivity index (χ4v) is 3.03. The Labute approximate surface area is 128 Å². The van der Waals surface area contributed by atoms with Gasteiger partial charge < -0.3 is 20.1 Å². The third-order valence-corrected chi connectivity index (χ3v) is 4.52. The third kappa shape index (κ3) is 4.75. The van der Waals surface area contributed by atoms with Gasteiger partial charge in [0.1, 0.15) is 0 Å². The van der Waals surface area contributed by atoms with E-state index < -0.39 is 5.97 Å². The number of piperidine rings is 1. The summed E-state index contributed by atoms with van der Waals surface area (Å²) in [6.07, 6.45) is 3.17. The van der Waals surface area contributed by atoms with Crippen molar-refractivity contribution in [3.05, 3.63) is 24.3 Å². The highest BCUT2D eigenvalue weighted by molar-refractivity contribution is 7.98. The molecule has 114 valence electrons. The fraction of sp³-hybridized carbons (Fsp3) is 0.467. The first kappa shape index (κ1) is 15.9. The maximum atomic E-state index is 12.0. The molecule has 1 aromatic rings. The van der Waals surface area contributed by atoms with Crippen LogP contribution in [-0.2, 0) is 9.59 Å². The Morgan fingerprint density at radius 2 is 2.10 bits per heavy atom. The van der Waals surface area contributed by atoms with Crippen molar-refractivity contribution < 1.29 is 19.6 Å². The van der Waals surface area contributed by atoms with Crippen LogP contribution in [0.15, 0.2) is 29.2 Å². The van der Waals surface area contributed by atoms with Crippen LogP contribution in [0.5, 0.6) is 0 Å². The number of likely N-dealkylation sites (tertiary alicyclic amines) is 1. The quantitative estimate of drug-likeness (QED) is 0.712. The monoisotopic (exact) mass is 308 g/mol. The van der Waals surface area contributed by atoms with Crippen LogP contribution in [0.25, 0.3) is 0 Å². The molecule has 1 aliphatic rings. The van der Waals surface area contributed by atoms with E-state index in [9.17, 15) is 14.7 Å². The van der Waals surface area contributed by atoms with Gasteiger partial charge in [0, 0.05) is 35.3 Å². The minimum Gasteiger partial charge on any atom is -0.550 e. The highest BCUT2D eigenvalue weighted by atomic mass is 32.2. The number of hydrogen-bond donors (Lipinski definition) is 2. The number of aliphatic carboxylic acids is 1. The van der Waals surface area contributed by atoms with Crippen molar-refractivity contribution in [1.82, 2.24) is 0 Å². The molecule has 0 aliphatic carbocycles. The molecule has 1 aliphatic heterocycles. The van der Waals surface area contributed by atoms with E-state index in [4.69, 9.17) is 0 Å². The van der Waals surface area contributed by atoms with Gasteiger partial charge in [0.05, 0.1) is 13.1 Å². The van der Waals surface area contributed by atoms with Gasteiger partial charge in [-0.3, -0.25) is 4.79 Å². The molecule has 0 bridgehead atoms. The number of hydrogen-bond acceptors (Lipinski definition) is 4. The maximum absolute atomic E-state index is 12.0. The summed E-state index contributed by atoms with van der Waals surface area (Å²) < 4.78 is 0. The number of quaternary nitrogens is 1. The van der Waals surface area contributed by atoms with Gasteiger partial charge in [-0.1, -0.05) is 6.07 Å². The molecule has 2 N–H and O–H groups in total. The lowest BCUT2D eigenvalue weighted by Gasteiger charge is -2.29. The molecule has 21 heavy (non-hydrogen) atoms. The van der Waals surface area contributed by atoms with E-state index in [1.165, 1.54) is 0 Å². The Bertz CT molecular complexity index is 513. The molecule has 0 aromatic heterocycles. The standard InChI is InChI=1S/C15H20N2O3S/c1-21-13-4-2-3-12(9-13)16-14(18)10-17-7-5-11(6-8-17)15(19)20/h2-4,9,11H,5-8,10H2,1H3,(H,16,18)(H,19,20). The van der Waals surface area contributed by atoms with Crippen LogP contribution in [0.2, 0.25) is 0 Å². The van der Waals surface area contributed by atoms with E-state index in [-0.39, 0.29) is 11.8 Å². The number of nitrogens with one attached hydrogen (secondary N) is 2. The number of carboxylic acids is 1. The van der Waals surface area contributed by atoms with E-state index >= 15 is 0 Å².